The standard InChI is InChI=1S/C25H28F3N7O/c1-36-20-10-19(29-13-30-20)34-11-14-5-6-15(12-34)23(14)31-25-32-24-17(4-2-3-9-35(24)33-25)16-7-8-18(26)22(28)21(16)27/h7-8,10,13-15,17,23H,2-6,9,11-12H2,1H3,(H,31,33)/t14-,15-,17?/m1/s1. The molecule has 6 rings (SSSR count). The number of hydrogen-bond donors (Lipinski definition) is 1. The van der Waals surface area contributed by atoms with E-state index in [4.69, 9.17) is 14.8 Å². The molecule has 1 aromatic carbocycles. The molecule has 3 atom stereocenters. The van der Waals surface area contributed by atoms with E-state index in [1.54, 1.807) is 11.8 Å². The van der Waals surface area contributed by atoms with Crippen molar-refractivity contribution in [1.29, 1.82) is 0 Å². The van der Waals surface area contributed by atoms with Crippen molar-refractivity contribution in [3.8, 4) is 5.88 Å². The Bertz CT molecular complexity index is 1250. The molecule has 1 aliphatic carbocycles. The lowest BCUT2D eigenvalue weighted by molar-refractivity contribution is 0.372. The van der Waals surface area contributed by atoms with Gasteiger partial charge in [0.2, 0.25) is 11.8 Å². The predicted octanol–water partition coefficient (Wildman–Crippen LogP) is 4.14. The summed E-state index contributed by atoms with van der Waals surface area (Å²) in [7, 11) is 1.59. The number of nitrogens with one attached hydrogen (secondary N) is 1. The van der Waals surface area contributed by atoms with Gasteiger partial charge in [0.05, 0.1) is 7.11 Å². The zero-order chi connectivity index (χ0) is 24.8. The zero-order valence-corrected chi connectivity index (χ0v) is 20.0. The second-order valence-electron chi connectivity index (χ2n) is 9.92. The maximum absolute atomic E-state index is 14.7. The molecule has 0 amide bonds. The summed E-state index contributed by atoms with van der Waals surface area (Å²) in [6.07, 6.45) is 6.01. The molecular formula is C25H28F3N7O. The monoisotopic (exact) mass is 499 g/mol. The number of aryl methyl sites for hydroxylation is 1. The minimum Gasteiger partial charge on any atom is -0.481 e. The van der Waals surface area contributed by atoms with Crippen molar-refractivity contribution < 1.29 is 17.9 Å². The van der Waals surface area contributed by atoms with E-state index in [0.717, 1.165) is 50.7 Å². The van der Waals surface area contributed by atoms with E-state index in [1.165, 1.54) is 12.4 Å². The summed E-state index contributed by atoms with van der Waals surface area (Å²) < 4.78 is 49.3. The second kappa shape index (κ2) is 9.25. The molecule has 1 saturated carbocycles. The molecule has 11 heteroatoms. The molecule has 2 aliphatic heterocycles. The second-order valence-corrected chi connectivity index (χ2v) is 9.92. The van der Waals surface area contributed by atoms with Crippen molar-refractivity contribution in [3.63, 3.8) is 0 Å². The molecule has 0 spiro atoms. The molecule has 8 nitrogen and oxygen atoms in total. The van der Waals surface area contributed by atoms with Crippen molar-refractivity contribution in [1.82, 2.24) is 24.7 Å². The van der Waals surface area contributed by atoms with E-state index in [2.05, 4.69) is 20.2 Å². The van der Waals surface area contributed by atoms with Gasteiger partial charge in [-0.2, -0.15) is 4.98 Å². The van der Waals surface area contributed by atoms with Crippen molar-refractivity contribution in [3.05, 3.63) is 53.4 Å². The smallest absolute Gasteiger partial charge is 0.242 e. The average molecular weight is 500 g/mol. The van der Waals surface area contributed by atoms with Crippen LogP contribution in [-0.4, -0.2) is 51.0 Å². The third-order valence-corrected chi connectivity index (χ3v) is 7.86. The minimum atomic E-state index is -1.44. The molecule has 2 bridgehead atoms. The van der Waals surface area contributed by atoms with Gasteiger partial charge in [-0.05, 0) is 43.6 Å². The number of halogens is 3. The van der Waals surface area contributed by atoms with E-state index >= 15 is 0 Å². The fourth-order valence-electron chi connectivity index (χ4n) is 6.09. The first-order valence-electron chi connectivity index (χ1n) is 12.5. The molecular weight excluding hydrogens is 471 g/mol. The van der Waals surface area contributed by atoms with Crippen LogP contribution in [0.25, 0.3) is 0 Å². The van der Waals surface area contributed by atoms with Gasteiger partial charge in [0.25, 0.3) is 0 Å². The first-order valence-corrected chi connectivity index (χ1v) is 12.5. The highest BCUT2D eigenvalue weighted by molar-refractivity contribution is 5.43. The molecule has 4 heterocycles. The van der Waals surface area contributed by atoms with Crippen LogP contribution in [0.4, 0.5) is 24.9 Å². The number of rotatable bonds is 5. The van der Waals surface area contributed by atoms with E-state index < -0.39 is 23.4 Å². The molecule has 1 saturated heterocycles. The molecule has 190 valence electrons. The number of piperidine rings is 1. The summed E-state index contributed by atoms with van der Waals surface area (Å²) in [4.78, 5) is 15.6. The van der Waals surface area contributed by atoms with Gasteiger partial charge in [0, 0.05) is 43.2 Å². The lowest BCUT2D eigenvalue weighted by atomic mass is 9.92. The summed E-state index contributed by atoms with van der Waals surface area (Å²) in [5.41, 5.74) is 0.129. The van der Waals surface area contributed by atoms with Crippen LogP contribution in [0.15, 0.2) is 24.5 Å². The number of aromatic nitrogens is 5. The van der Waals surface area contributed by atoms with E-state index in [0.29, 0.717) is 42.5 Å². The first kappa shape index (κ1) is 23.1. The van der Waals surface area contributed by atoms with E-state index in [-0.39, 0.29) is 11.6 Å². The Morgan fingerprint density at radius 1 is 1.00 bits per heavy atom. The number of hydrogen-bond acceptors (Lipinski definition) is 7. The Labute approximate surface area is 206 Å². The van der Waals surface area contributed by atoms with Gasteiger partial charge >= 0.3 is 0 Å². The summed E-state index contributed by atoms with van der Waals surface area (Å²) in [5.74, 6) is -0.934. The van der Waals surface area contributed by atoms with Crippen LogP contribution in [0.1, 0.15) is 49.4 Å². The quantitative estimate of drug-likeness (QED) is 0.529. The fourth-order valence-corrected chi connectivity index (χ4v) is 6.09. The summed E-state index contributed by atoms with van der Waals surface area (Å²) in [6, 6.07) is 4.39. The van der Waals surface area contributed by atoms with Gasteiger partial charge in [0.15, 0.2) is 17.5 Å². The van der Waals surface area contributed by atoms with Crippen molar-refractivity contribution in [2.24, 2.45) is 11.8 Å². The molecule has 3 aliphatic rings. The van der Waals surface area contributed by atoms with Gasteiger partial charge in [-0.15, -0.1) is 5.10 Å². The molecule has 1 N–H and O–H groups in total. The van der Waals surface area contributed by atoms with E-state index in [9.17, 15) is 13.2 Å². The minimum absolute atomic E-state index is 0.129. The normalized spacial score (nSPS) is 25.4. The van der Waals surface area contributed by atoms with Crippen LogP contribution < -0.4 is 15.0 Å². The fraction of sp³-hybridized carbons (Fsp3) is 0.520. The number of fused-ring (bicyclic) bond motifs is 3. The van der Waals surface area contributed by atoms with Gasteiger partial charge in [0.1, 0.15) is 18.0 Å². The van der Waals surface area contributed by atoms with Crippen LogP contribution in [-0.2, 0) is 6.54 Å². The predicted molar refractivity (Wildman–Crippen MR) is 126 cm³/mol. The highest BCUT2D eigenvalue weighted by Gasteiger charge is 2.43. The lowest BCUT2D eigenvalue weighted by Gasteiger charge is -2.38. The van der Waals surface area contributed by atoms with Crippen molar-refractivity contribution in [2.45, 2.75) is 50.6 Å². The Balaban J connectivity index is 1.23. The Morgan fingerprint density at radius 2 is 1.81 bits per heavy atom. The number of nitrogens with zero attached hydrogens (tertiary/aromatic N) is 6. The summed E-state index contributed by atoms with van der Waals surface area (Å²) in [5, 5.41) is 8.27. The van der Waals surface area contributed by atoms with Crippen LogP contribution in [0, 0.1) is 29.3 Å². The van der Waals surface area contributed by atoms with Crippen molar-refractivity contribution in [2.75, 3.05) is 30.4 Å². The zero-order valence-electron chi connectivity index (χ0n) is 20.0. The molecule has 3 aromatic rings. The topological polar surface area (TPSA) is 81.0 Å². The van der Waals surface area contributed by atoms with Gasteiger partial charge < -0.3 is 15.0 Å². The number of ether oxygens (including phenoxy) is 1. The summed E-state index contributed by atoms with van der Waals surface area (Å²) in [6.45, 7) is 2.36. The maximum Gasteiger partial charge on any atom is 0.242 e. The van der Waals surface area contributed by atoms with Crippen LogP contribution in [0.5, 0.6) is 5.88 Å². The average Bonchev–Trinajstić information content (AvgIpc) is 3.30. The summed E-state index contributed by atoms with van der Waals surface area (Å²) >= 11 is 0. The van der Waals surface area contributed by atoms with Gasteiger partial charge in [-0.1, -0.05) is 12.5 Å². The molecule has 2 fully saturated rings. The Hall–Kier alpha value is -3.37. The lowest BCUT2D eigenvalue weighted by Crippen LogP contribution is -2.48. The highest BCUT2D eigenvalue weighted by Crippen LogP contribution is 2.40. The third kappa shape index (κ3) is 4.04. The number of benzene rings is 1. The number of anilines is 2. The molecule has 0 radical (unpaired) electrons. The van der Waals surface area contributed by atoms with Crippen molar-refractivity contribution >= 4 is 11.8 Å². The van der Waals surface area contributed by atoms with Crippen LogP contribution in [0.2, 0.25) is 0 Å². The van der Waals surface area contributed by atoms with E-state index in [1.807, 2.05) is 6.07 Å². The van der Waals surface area contributed by atoms with Gasteiger partial charge in [-0.3, -0.25) is 0 Å². The Morgan fingerprint density at radius 3 is 2.58 bits per heavy atom. The third-order valence-electron chi connectivity index (χ3n) is 7.86. The van der Waals surface area contributed by atoms with Gasteiger partial charge in [-0.25, -0.2) is 27.8 Å². The molecule has 1 unspecified atom stereocenters. The van der Waals surface area contributed by atoms with Crippen LogP contribution in [0.3, 0.4) is 0 Å². The largest absolute Gasteiger partial charge is 0.481 e. The van der Waals surface area contributed by atoms with Crippen LogP contribution >= 0.6 is 0 Å². The first-order chi connectivity index (χ1) is 17.5. The number of methoxy groups -OCH3 is 1. The Kier molecular flexibility index (Phi) is 5.93. The highest BCUT2D eigenvalue weighted by atomic mass is 19.2. The molecule has 36 heavy (non-hydrogen) atoms. The maximum atomic E-state index is 14.7. The SMILES string of the molecule is COc1cc(N2C[C@H]3CC[C@H](C2)C3Nc2nc3n(n2)CCCCC3c2ccc(F)c(F)c2F)ncn1. The molecule has 2 aromatic heterocycles.